The number of esters is 1. The number of aromatic nitrogens is 2. The Bertz CT molecular complexity index is 1280. The summed E-state index contributed by atoms with van der Waals surface area (Å²) in [6.45, 7) is 3.68. The molecule has 172 valence electrons. The molecule has 4 rings (SSSR count). The number of nitrogens with zero attached hydrogens (tertiary/aromatic N) is 2. The van der Waals surface area contributed by atoms with Crippen molar-refractivity contribution in [2.24, 2.45) is 0 Å². The van der Waals surface area contributed by atoms with E-state index in [0.717, 1.165) is 16.7 Å². The van der Waals surface area contributed by atoms with Crippen LogP contribution in [-0.4, -0.2) is 28.2 Å². The van der Waals surface area contributed by atoms with Crippen molar-refractivity contribution in [3.8, 4) is 22.9 Å². The van der Waals surface area contributed by atoms with E-state index in [1.165, 1.54) is 19.1 Å². The fourth-order valence-corrected chi connectivity index (χ4v) is 3.12. The first-order valence-electron chi connectivity index (χ1n) is 10.6. The SMILES string of the molecule is Cc1ccc(-c2nnc(-c3ccc(C(=O)OC(C)C(=O)NCc4ccc(F)cc4)cc3)o2)cc1. The lowest BCUT2D eigenvalue weighted by Crippen LogP contribution is -2.35. The van der Waals surface area contributed by atoms with E-state index in [1.54, 1.807) is 36.4 Å². The van der Waals surface area contributed by atoms with E-state index >= 15 is 0 Å². The van der Waals surface area contributed by atoms with E-state index in [9.17, 15) is 14.0 Å². The number of rotatable bonds is 7. The molecule has 0 aliphatic carbocycles. The summed E-state index contributed by atoms with van der Waals surface area (Å²) in [5, 5.41) is 10.8. The lowest BCUT2D eigenvalue weighted by molar-refractivity contribution is -0.129. The van der Waals surface area contributed by atoms with Crippen LogP contribution in [0.4, 0.5) is 4.39 Å². The number of amides is 1. The van der Waals surface area contributed by atoms with Gasteiger partial charge in [0.05, 0.1) is 5.56 Å². The first-order chi connectivity index (χ1) is 16.4. The van der Waals surface area contributed by atoms with E-state index < -0.39 is 18.0 Å². The maximum Gasteiger partial charge on any atom is 0.338 e. The maximum atomic E-state index is 13.0. The second-order valence-corrected chi connectivity index (χ2v) is 7.75. The van der Waals surface area contributed by atoms with E-state index in [2.05, 4.69) is 15.5 Å². The molecular formula is C26H22FN3O4. The van der Waals surface area contributed by atoms with Crippen LogP contribution >= 0.6 is 0 Å². The molecule has 0 radical (unpaired) electrons. The Kier molecular flexibility index (Phi) is 6.77. The molecular weight excluding hydrogens is 437 g/mol. The first kappa shape index (κ1) is 22.8. The van der Waals surface area contributed by atoms with Gasteiger partial charge in [0.15, 0.2) is 6.10 Å². The van der Waals surface area contributed by atoms with Crippen molar-refractivity contribution in [3.63, 3.8) is 0 Å². The molecule has 0 saturated carbocycles. The topological polar surface area (TPSA) is 94.3 Å². The third-order valence-electron chi connectivity index (χ3n) is 5.12. The Labute approximate surface area is 195 Å². The fraction of sp³-hybridized carbons (Fsp3) is 0.154. The summed E-state index contributed by atoms with van der Waals surface area (Å²) in [5.74, 6) is -0.720. The highest BCUT2D eigenvalue weighted by Crippen LogP contribution is 2.24. The zero-order valence-electron chi connectivity index (χ0n) is 18.6. The zero-order valence-corrected chi connectivity index (χ0v) is 18.6. The Hall–Kier alpha value is -4.33. The summed E-state index contributed by atoms with van der Waals surface area (Å²) in [5.41, 5.74) is 3.60. The monoisotopic (exact) mass is 459 g/mol. The highest BCUT2D eigenvalue weighted by atomic mass is 19.1. The largest absolute Gasteiger partial charge is 0.449 e. The molecule has 0 aliphatic rings. The molecule has 0 aliphatic heterocycles. The molecule has 1 atom stereocenters. The van der Waals surface area contributed by atoms with Crippen LogP contribution in [0.2, 0.25) is 0 Å². The summed E-state index contributed by atoms with van der Waals surface area (Å²) < 4.78 is 24.0. The lowest BCUT2D eigenvalue weighted by atomic mass is 10.1. The van der Waals surface area contributed by atoms with Crippen molar-refractivity contribution in [2.75, 3.05) is 0 Å². The van der Waals surface area contributed by atoms with E-state index in [0.29, 0.717) is 17.3 Å². The van der Waals surface area contributed by atoms with Gasteiger partial charge in [-0.05, 0) is 67.9 Å². The summed E-state index contributed by atoms with van der Waals surface area (Å²) in [6.07, 6.45) is -0.999. The van der Waals surface area contributed by atoms with Crippen molar-refractivity contribution < 1.29 is 23.1 Å². The molecule has 0 fully saturated rings. The van der Waals surface area contributed by atoms with Crippen LogP contribution in [0, 0.1) is 12.7 Å². The second kappa shape index (κ2) is 10.1. The van der Waals surface area contributed by atoms with Crippen molar-refractivity contribution in [3.05, 3.63) is 95.3 Å². The van der Waals surface area contributed by atoms with Crippen LogP contribution in [-0.2, 0) is 16.1 Å². The van der Waals surface area contributed by atoms with Gasteiger partial charge in [-0.3, -0.25) is 4.79 Å². The summed E-state index contributed by atoms with van der Waals surface area (Å²) in [4.78, 5) is 24.7. The first-order valence-corrected chi connectivity index (χ1v) is 10.6. The third kappa shape index (κ3) is 5.53. The lowest BCUT2D eigenvalue weighted by Gasteiger charge is -2.13. The molecule has 1 N–H and O–H groups in total. The van der Waals surface area contributed by atoms with Crippen molar-refractivity contribution in [1.82, 2.24) is 15.5 Å². The standard InChI is InChI=1S/C26H22FN3O4/c1-16-3-7-19(8-4-16)24-29-30-25(34-24)20-9-11-21(12-10-20)26(32)33-17(2)23(31)28-15-18-5-13-22(27)14-6-18/h3-14,17H,15H2,1-2H3,(H,28,31). The van der Waals surface area contributed by atoms with Crippen LogP contribution in [0.15, 0.2) is 77.2 Å². The van der Waals surface area contributed by atoms with E-state index in [4.69, 9.17) is 9.15 Å². The Balaban J connectivity index is 1.34. The van der Waals surface area contributed by atoms with Crippen LogP contribution in [0.25, 0.3) is 22.9 Å². The highest BCUT2D eigenvalue weighted by molar-refractivity contribution is 5.92. The van der Waals surface area contributed by atoms with Gasteiger partial charge in [-0.25, -0.2) is 9.18 Å². The molecule has 3 aromatic carbocycles. The Morgan fingerprint density at radius 2 is 1.47 bits per heavy atom. The number of aryl methyl sites for hydroxylation is 1. The maximum absolute atomic E-state index is 13.0. The van der Waals surface area contributed by atoms with Crippen molar-refractivity contribution >= 4 is 11.9 Å². The molecule has 0 spiro atoms. The smallest absolute Gasteiger partial charge is 0.338 e. The number of benzene rings is 3. The van der Waals surface area contributed by atoms with Crippen LogP contribution in [0.3, 0.4) is 0 Å². The zero-order chi connectivity index (χ0) is 24.1. The fourth-order valence-electron chi connectivity index (χ4n) is 3.12. The number of carbonyl (C=O) groups excluding carboxylic acids is 2. The normalized spacial score (nSPS) is 11.6. The van der Waals surface area contributed by atoms with Gasteiger partial charge < -0.3 is 14.5 Å². The van der Waals surface area contributed by atoms with Gasteiger partial charge in [-0.1, -0.05) is 29.8 Å². The van der Waals surface area contributed by atoms with Gasteiger partial charge >= 0.3 is 5.97 Å². The van der Waals surface area contributed by atoms with E-state index in [-0.39, 0.29) is 17.9 Å². The number of carbonyl (C=O) groups is 2. The summed E-state index contributed by atoms with van der Waals surface area (Å²) >= 11 is 0. The Morgan fingerprint density at radius 3 is 2.06 bits per heavy atom. The van der Waals surface area contributed by atoms with Gasteiger partial charge in [0.1, 0.15) is 5.82 Å². The molecule has 8 heteroatoms. The van der Waals surface area contributed by atoms with Crippen LogP contribution < -0.4 is 5.32 Å². The molecule has 1 heterocycles. The second-order valence-electron chi connectivity index (χ2n) is 7.75. The molecule has 1 amide bonds. The van der Waals surface area contributed by atoms with Gasteiger partial charge in [0.25, 0.3) is 5.91 Å². The van der Waals surface area contributed by atoms with E-state index in [1.807, 2.05) is 31.2 Å². The third-order valence-corrected chi connectivity index (χ3v) is 5.12. The van der Waals surface area contributed by atoms with Gasteiger partial charge in [0.2, 0.25) is 11.8 Å². The summed E-state index contributed by atoms with van der Waals surface area (Å²) in [6, 6.07) is 20.0. The number of nitrogens with one attached hydrogen (secondary N) is 1. The predicted molar refractivity (Wildman–Crippen MR) is 123 cm³/mol. The van der Waals surface area contributed by atoms with Crippen LogP contribution in [0.5, 0.6) is 0 Å². The molecule has 1 unspecified atom stereocenters. The van der Waals surface area contributed by atoms with Crippen molar-refractivity contribution in [2.45, 2.75) is 26.5 Å². The average molecular weight is 459 g/mol. The predicted octanol–water partition coefficient (Wildman–Crippen LogP) is 4.71. The number of hydrogen-bond acceptors (Lipinski definition) is 6. The molecule has 4 aromatic rings. The quantitative estimate of drug-likeness (QED) is 0.402. The minimum Gasteiger partial charge on any atom is -0.449 e. The highest BCUT2D eigenvalue weighted by Gasteiger charge is 2.19. The molecule has 0 saturated heterocycles. The van der Waals surface area contributed by atoms with Crippen LogP contribution in [0.1, 0.15) is 28.4 Å². The van der Waals surface area contributed by atoms with Crippen molar-refractivity contribution in [1.29, 1.82) is 0 Å². The van der Waals surface area contributed by atoms with Gasteiger partial charge in [0, 0.05) is 17.7 Å². The minimum atomic E-state index is -0.999. The molecule has 7 nitrogen and oxygen atoms in total. The number of halogens is 1. The average Bonchev–Trinajstić information content (AvgIpc) is 3.34. The molecule has 34 heavy (non-hydrogen) atoms. The Morgan fingerprint density at radius 1 is 0.912 bits per heavy atom. The molecule has 0 bridgehead atoms. The van der Waals surface area contributed by atoms with Gasteiger partial charge in [-0.2, -0.15) is 0 Å². The summed E-state index contributed by atoms with van der Waals surface area (Å²) in [7, 11) is 0. The minimum absolute atomic E-state index is 0.199. The number of hydrogen-bond donors (Lipinski definition) is 1. The molecule has 1 aromatic heterocycles. The number of ether oxygens (including phenoxy) is 1. The van der Waals surface area contributed by atoms with Gasteiger partial charge in [-0.15, -0.1) is 10.2 Å².